The second-order valence-corrected chi connectivity index (χ2v) is 9.69. The molecule has 0 unspecified atom stereocenters. The molecule has 170 valence electrons. The summed E-state index contributed by atoms with van der Waals surface area (Å²) in [5.41, 5.74) is 10.0. The van der Waals surface area contributed by atoms with Crippen LogP contribution in [0.4, 0.5) is 5.69 Å². The van der Waals surface area contributed by atoms with E-state index in [9.17, 15) is 4.79 Å². The van der Waals surface area contributed by atoms with Gasteiger partial charge in [0, 0.05) is 27.6 Å². The molecule has 33 heavy (non-hydrogen) atoms. The molecule has 2 aromatic heterocycles. The molecule has 4 aromatic rings. The number of nitrogen functional groups attached to an aromatic ring is 1. The number of nitrogens with zero attached hydrogens (tertiary/aromatic N) is 1. The van der Waals surface area contributed by atoms with Gasteiger partial charge >= 0.3 is 0 Å². The van der Waals surface area contributed by atoms with Gasteiger partial charge in [-0.15, -0.1) is 11.3 Å². The number of amides is 1. The van der Waals surface area contributed by atoms with Gasteiger partial charge in [0.1, 0.15) is 9.71 Å². The molecular weight excluding hydrogens is 434 g/mol. The number of pyridine rings is 1. The molecule has 0 spiro atoms. The van der Waals surface area contributed by atoms with E-state index in [0.29, 0.717) is 26.9 Å². The zero-order chi connectivity index (χ0) is 23.8. The first-order chi connectivity index (χ1) is 15.7. The Balaban J connectivity index is 2.03. The van der Waals surface area contributed by atoms with Crippen molar-refractivity contribution in [2.24, 2.45) is 0 Å². The molecule has 0 radical (unpaired) electrons. The van der Waals surface area contributed by atoms with Crippen LogP contribution in [0.15, 0.2) is 54.6 Å². The van der Waals surface area contributed by atoms with E-state index in [-0.39, 0.29) is 11.4 Å². The largest absolute Gasteiger partial charge is 0.493 e. The molecule has 6 nitrogen and oxygen atoms in total. The Kier molecular flexibility index (Phi) is 5.99. The molecule has 2 aromatic carbocycles. The third-order valence-electron chi connectivity index (χ3n) is 5.16. The Bertz CT molecular complexity index is 1320. The van der Waals surface area contributed by atoms with Crippen LogP contribution >= 0.6 is 11.3 Å². The summed E-state index contributed by atoms with van der Waals surface area (Å²) >= 11 is 1.29. The highest BCUT2D eigenvalue weighted by Crippen LogP contribution is 2.46. The molecule has 1 amide bonds. The lowest BCUT2D eigenvalue weighted by molar-refractivity contribution is 0.0924. The normalized spacial score (nSPS) is 11.4. The first kappa shape index (κ1) is 22.6. The number of ether oxygens (including phenoxy) is 2. The fraction of sp³-hybridized carbons (Fsp3) is 0.231. The van der Waals surface area contributed by atoms with E-state index in [2.05, 4.69) is 5.32 Å². The van der Waals surface area contributed by atoms with Crippen molar-refractivity contribution >= 4 is 33.1 Å². The Morgan fingerprint density at radius 2 is 1.73 bits per heavy atom. The van der Waals surface area contributed by atoms with Crippen molar-refractivity contribution in [1.82, 2.24) is 10.3 Å². The van der Waals surface area contributed by atoms with Gasteiger partial charge in [-0.25, -0.2) is 4.98 Å². The summed E-state index contributed by atoms with van der Waals surface area (Å²) in [6.45, 7) is 5.81. The Hall–Kier alpha value is -3.58. The van der Waals surface area contributed by atoms with Gasteiger partial charge in [0.05, 0.1) is 25.6 Å². The number of nitrogens with two attached hydrogens (primary N) is 1. The quantitative estimate of drug-likeness (QED) is 0.395. The minimum absolute atomic E-state index is 0.215. The first-order valence-corrected chi connectivity index (χ1v) is 11.4. The summed E-state index contributed by atoms with van der Waals surface area (Å²) in [6, 6.07) is 17.6. The number of aromatic nitrogens is 1. The van der Waals surface area contributed by atoms with Crippen LogP contribution < -0.4 is 20.5 Å². The molecule has 0 aliphatic rings. The van der Waals surface area contributed by atoms with Gasteiger partial charge in [0.15, 0.2) is 11.5 Å². The number of nitrogens with one attached hydrogen (secondary N) is 1. The maximum atomic E-state index is 13.0. The number of carbonyl (C=O) groups is 1. The number of para-hydroxylation sites is 1. The van der Waals surface area contributed by atoms with Crippen molar-refractivity contribution < 1.29 is 14.3 Å². The summed E-state index contributed by atoms with van der Waals surface area (Å²) in [5, 5.41) is 3.73. The van der Waals surface area contributed by atoms with Gasteiger partial charge < -0.3 is 20.5 Å². The van der Waals surface area contributed by atoms with Crippen molar-refractivity contribution in [1.29, 1.82) is 0 Å². The van der Waals surface area contributed by atoms with E-state index in [1.165, 1.54) is 11.3 Å². The zero-order valence-electron chi connectivity index (χ0n) is 19.4. The number of fused-ring (bicyclic) bond motifs is 1. The van der Waals surface area contributed by atoms with Gasteiger partial charge in [0.25, 0.3) is 5.91 Å². The lowest BCUT2D eigenvalue weighted by atomic mass is 9.98. The molecule has 0 saturated carbocycles. The highest BCUT2D eigenvalue weighted by atomic mass is 32.1. The predicted molar refractivity (Wildman–Crippen MR) is 135 cm³/mol. The molecule has 2 heterocycles. The van der Waals surface area contributed by atoms with Crippen molar-refractivity contribution in [3.05, 3.63) is 59.5 Å². The molecule has 4 rings (SSSR count). The smallest absolute Gasteiger partial charge is 0.263 e. The predicted octanol–water partition coefficient (Wildman–Crippen LogP) is 5.76. The fourth-order valence-corrected chi connectivity index (χ4v) is 4.77. The number of hydrogen-bond acceptors (Lipinski definition) is 6. The first-order valence-electron chi connectivity index (χ1n) is 10.6. The minimum atomic E-state index is -0.388. The van der Waals surface area contributed by atoms with Crippen LogP contribution in [0.2, 0.25) is 0 Å². The van der Waals surface area contributed by atoms with E-state index >= 15 is 0 Å². The standard InChI is InChI=1S/C26H27N3O3S/c1-26(2,3)29-24(30)23-21(27)20-17(16-12-9-13-19(31-4)22(16)32-5)14-18(28-25(20)33-23)15-10-7-6-8-11-15/h6-14H,27H2,1-5H3,(H,29,30). The lowest BCUT2D eigenvalue weighted by Crippen LogP contribution is -2.40. The summed E-state index contributed by atoms with van der Waals surface area (Å²) in [5.74, 6) is 0.992. The maximum Gasteiger partial charge on any atom is 0.263 e. The average Bonchev–Trinajstić information content (AvgIpc) is 3.14. The molecule has 0 bridgehead atoms. The molecule has 0 fully saturated rings. The van der Waals surface area contributed by atoms with E-state index in [0.717, 1.165) is 27.8 Å². The number of anilines is 1. The van der Waals surface area contributed by atoms with Crippen LogP contribution in [0.5, 0.6) is 11.5 Å². The number of benzene rings is 2. The highest BCUT2D eigenvalue weighted by Gasteiger charge is 2.25. The molecule has 0 saturated heterocycles. The SMILES string of the molecule is COc1cccc(-c2cc(-c3ccccc3)nc3sc(C(=O)NC(C)(C)C)c(N)c23)c1OC. The van der Waals surface area contributed by atoms with E-state index < -0.39 is 0 Å². The number of hydrogen-bond donors (Lipinski definition) is 2. The summed E-state index contributed by atoms with van der Waals surface area (Å²) < 4.78 is 11.2. The minimum Gasteiger partial charge on any atom is -0.493 e. The van der Waals surface area contributed by atoms with E-state index in [1.54, 1.807) is 14.2 Å². The number of carbonyl (C=O) groups excluding carboxylic acids is 1. The van der Waals surface area contributed by atoms with Crippen LogP contribution in [0.3, 0.4) is 0 Å². The number of rotatable bonds is 5. The van der Waals surface area contributed by atoms with Gasteiger partial charge in [-0.1, -0.05) is 42.5 Å². The van der Waals surface area contributed by atoms with E-state index in [4.69, 9.17) is 20.2 Å². The second kappa shape index (κ2) is 8.75. The fourth-order valence-electron chi connectivity index (χ4n) is 3.76. The number of thiophene rings is 1. The van der Waals surface area contributed by atoms with Crippen LogP contribution in [0.1, 0.15) is 30.4 Å². The topological polar surface area (TPSA) is 86.5 Å². The van der Waals surface area contributed by atoms with Crippen LogP contribution in [0, 0.1) is 0 Å². The van der Waals surface area contributed by atoms with Crippen molar-refractivity contribution in [2.75, 3.05) is 20.0 Å². The Labute approximate surface area is 197 Å². The Morgan fingerprint density at radius 1 is 1.00 bits per heavy atom. The van der Waals surface area contributed by atoms with Crippen LogP contribution in [-0.2, 0) is 0 Å². The van der Waals surface area contributed by atoms with Crippen LogP contribution in [0.25, 0.3) is 32.6 Å². The Morgan fingerprint density at radius 3 is 2.36 bits per heavy atom. The summed E-state index contributed by atoms with van der Waals surface area (Å²) in [7, 11) is 3.21. The van der Waals surface area contributed by atoms with Crippen molar-refractivity contribution in [2.45, 2.75) is 26.3 Å². The third kappa shape index (κ3) is 4.36. The van der Waals surface area contributed by atoms with Crippen molar-refractivity contribution in [3.8, 4) is 33.9 Å². The van der Waals surface area contributed by atoms with E-state index in [1.807, 2.05) is 75.4 Å². The monoisotopic (exact) mass is 461 g/mol. The molecular formula is C26H27N3O3S. The molecule has 0 atom stereocenters. The van der Waals surface area contributed by atoms with Gasteiger partial charge in [-0.05, 0) is 32.9 Å². The molecule has 3 N–H and O–H groups in total. The highest BCUT2D eigenvalue weighted by molar-refractivity contribution is 7.21. The third-order valence-corrected chi connectivity index (χ3v) is 6.25. The molecule has 0 aliphatic carbocycles. The molecule has 0 aliphatic heterocycles. The molecule has 7 heteroatoms. The van der Waals surface area contributed by atoms with Gasteiger partial charge in [-0.3, -0.25) is 4.79 Å². The maximum absolute atomic E-state index is 13.0. The van der Waals surface area contributed by atoms with Crippen molar-refractivity contribution in [3.63, 3.8) is 0 Å². The summed E-state index contributed by atoms with van der Waals surface area (Å²) in [6.07, 6.45) is 0. The lowest BCUT2D eigenvalue weighted by Gasteiger charge is -2.20. The average molecular weight is 462 g/mol. The van der Waals surface area contributed by atoms with Gasteiger partial charge in [-0.2, -0.15) is 0 Å². The number of methoxy groups -OCH3 is 2. The second-order valence-electron chi connectivity index (χ2n) is 8.69. The van der Waals surface area contributed by atoms with Crippen LogP contribution in [-0.4, -0.2) is 30.6 Å². The summed E-state index contributed by atoms with van der Waals surface area (Å²) in [4.78, 5) is 19.0. The van der Waals surface area contributed by atoms with Gasteiger partial charge in [0.2, 0.25) is 0 Å². The zero-order valence-corrected chi connectivity index (χ0v) is 20.2.